The molecule has 1 aromatic carbocycles. The Kier molecular flexibility index (Phi) is 3.95. The Morgan fingerprint density at radius 2 is 1.85 bits per heavy atom. The number of carboxylic acids is 1. The van der Waals surface area contributed by atoms with Gasteiger partial charge < -0.3 is 10.4 Å². The molecular weight excluding hydrogens is 258 g/mol. The zero-order valence-electron chi connectivity index (χ0n) is 10.8. The van der Waals surface area contributed by atoms with Crippen LogP contribution in [0.15, 0.2) is 48.7 Å². The number of hydrogen-bond acceptors (Lipinski definition) is 3. The smallest absolute Gasteiger partial charge is 0.356 e. The average Bonchev–Trinajstić information content (AvgIpc) is 2.47. The highest BCUT2D eigenvalue weighted by Gasteiger charge is 2.16. The van der Waals surface area contributed by atoms with E-state index in [0.29, 0.717) is 5.69 Å². The van der Waals surface area contributed by atoms with Gasteiger partial charge in [0.1, 0.15) is 0 Å². The number of carbonyl (C=O) groups excluding carboxylic acids is 1. The molecule has 2 rings (SSSR count). The van der Waals surface area contributed by atoms with Gasteiger partial charge in [0.15, 0.2) is 5.69 Å². The largest absolute Gasteiger partial charge is 0.476 e. The lowest BCUT2D eigenvalue weighted by Gasteiger charge is -2.18. The van der Waals surface area contributed by atoms with Crippen molar-refractivity contribution in [2.75, 3.05) is 17.3 Å². The third-order valence-electron chi connectivity index (χ3n) is 2.70. The van der Waals surface area contributed by atoms with E-state index in [4.69, 9.17) is 5.11 Å². The van der Waals surface area contributed by atoms with Gasteiger partial charge >= 0.3 is 12.0 Å². The molecule has 0 fully saturated rings. The molecule has 2 N–H and O–H groups in total. The summed E-state index contributed by atoms with van der Waals surface area (Å²) in [5.74, 6) is -1.19. The molecule has 2 amide bonds. The van der Waals surface area contributed by atoms with Crippen molar-refractivity contribution in [3.63, 3.8) is 0 Å². The Morgan fingerprint density at radius 1 is 1.15 bits per heavy atom. The van der Waals surface area contributed by atoms with Crippen molar-refractivity contribution in [2.24, 2.45) is 0 Å². The Balaban J connectivity index is 2.18. The summed E-state index contributed by atoms with van der Waals surface area (Å²) in [6, 6.07) is 11.6. The molecule has 2 aromatic rings. The zero-order chi connectivity index (χ0) is 14.5. The molecule has 0 aliphatic carbocycles. The van der Waals surface area contributed by atoms with Crippen LogP contribution in [0, 0.1) is 0 Å². The van der Waals surface area contributed by atoms with Crippen LogP contribution in [0.5, 0.6) is 0 Å². The van der Waals surface area contributed by atoms with Gasteiger partial charge in [-0.1, -0.05) is 18.2 Å². The van der Waals surface area contributed by atoms with E-state index in [-0.39, 0.29) is 11.4 Å². The van der Waals surface area contributed by atoms with Crippen LogP contribution in [-0.2, 0) is 0 Å². The molecule has 0 spiro atoms. The number of anilines is 2. The van der Waals surface area contributed by atoms with Crippen molar-refractivity contribution in [3.8, 4) is 0 Å². The minimum atomic E-state index is -1.19. The second-order valence-electron chi connectivity index (χ2n) is 4.03. The van der Waals surface area contributed by atoms with Gasteiger partial charge in [-0.25, -0.2) is 14.6 Å². The van der Waals surface area contributed by atoms with Gasteiger partial charge in [-0.3, -0.25) is 4.90 Å². The SMILES string of the molecule is CN(C(=O)Nc1cccnc1C(=O)O)c1ccccc1. The van der Waals surface area contributed by atoms with Gasteiger partial charge in [0.2, 0.25) is 0 Å². The summed E-state index contributed by atoms with van der Waals surface area (Å²) < 4.78 is 0. The van der Waals surface area contributed by atoms with E-state index in [9.17, 15) is 9.59 Å². The molecule has 102 valence electrons. The monoisotopic (exact) mass is 271 g/mol. The number of carboxylic acid groups (broad SMARTS) is 1. The van der Waals surface area contributed by atoms with E-state index in [0.717, 1.165) is 0 Å². The molecule has 6 heteroatoms. The number of rotatable bonds is 3. The average molecular weight is 271 g/mol. The van der Waals surface area contributed by atoms with Crippen LogP contribution >= 0.6 is 0 Å². The summed E-state index contributed by atoms with van der Waals surface area (Å²) in [4.78, 5) is 28.2. The highest BCUT2D eigenvalue weighted by atomic mass is 16.4. The van der Waals surface area contributed by atoms with Crippen molar-refractivity contribution in [1.29, 1.82) is 0 Å². The number of carbonyl (C=O) groups is 2. The molecule has 0 aliphatic heterocycles. The first kappa shape index (κ1) is 13.5. The predicted molar refractivity (Wildman–Crippen MR) is 75.1 cm³/mol. The molecular formula is C14H13N3O3. The maximum absolute atomic E-state index is 12.1. The fraction of sp³-hybridized carbons (Fsp3) is 0.0714. The fourth-order valence-corrected chi connectivity index (χ4v) is 1.64. The number of aromatic carboxylic acids is 1. The van der Waals surface area contributed by atoms with Crippen LogP contribution in [-0.4, -0.2) is 29.1 Å². The minimum absolute atomic E-state index is 0.160. The maximum atomic E-state index is 12.1. The maximum Gasteiger partial charge on any atom is 0.356 e. The summed E-state index contributed by atoms with van der Waals surface area (Å²) in [6.07, 6.45) is 1.36. The fourth-order valence-electron chi connectivity index (χ4n) is 1.64. The molecule has 0 atom stereocenters. The summed E-state index contributed by atoms with van der Waals surface area (Å²) in [5, 5.41) is 11.5. The number of nitrogens with zero attached hydrogens (tertiary/aromatic N) is 2. The lowest BCUT2D eigenvalue weighted by Crippen LogP contribution is -2.31. The predicted octanol–water partition coefficient (Wildman–Crippen LogP) is 2.45. The lowest BCUT2D eigenvalue weighted by molar-refractivity contribution is 0.0692. The van der Waals surface area contributed by atoms with Crippen molar-refractivity contribution in [3.05, 3.63) is 54.4 Å². The van der Waals surface area contributed by atoms with Crippen molar-refractivity contribution in [1.82, 2.24) is 4.98 Å². The Hall–Kier alpha value is -2.89. The number of urea groups is 1. The topological polar surface area (TPSA) is 82.5 Å². The van der Waals surface area contributed by atoms with Crippen LogP contribution in [0.3, 0.4) is 0 Å². The Bertz CT molecular complexity index is 629. The van der Waals surface area contributed by atoms with Gasteiger partial charge in [-0.05, 0) is 24.3 Å². The third kappa shape index (κ3) is 2.92. The molecule has 0 saturated heterocycles. The standard InChI is InChI=1S/C14H13N3O3/c1-17(10-6-3-2-4-7-10)14(20)16-11-8-5-9-15-12(11)13(18)19/h2-9H,1H3,(H,16,20)(H,18,19). The van der Waals surface area contributed by atoms with E-state index >= 15 is 0 Å². The summed E-state index contributed by atoms with van der Waals surface area (Å²) in [6.45, 7) is 0. The molecule has 6 nitrogen and oxygen atoms in total. The van der Waals surface area contributed by atoms with E-state index in [1.54, 1.807) is 25.2 Å². The number of amides is 2. The van der Waals surface area contributed by atoms with Crippen molar-refractivity contribution in [2.45, 2.75) is 0 Å². The van der Waals surface area contributed by atoms with Crippen LogP contribution < -0.4 is 10.2 Å². The summed E-state index contributed by atoms with van der Waals surface area (Å²) in [5.41, 5.74) is 0.667. The number of para-hydroxylation sites is 1. The van der Waals surface area contributed by atoms with Crippen LogP contribution in [0.1, 0.15) is 10.5 Å². The second-order valence-corrected chi connectivity index (χ2v) is 4.03. The highest BCUT2D eigenvalue weighted by molar-refractivity contribution is 6.04. The molecule has 20 heavy (non-hydrogen) atoms. The number of hydrogen-bond donors (Lipinski definition) is 2. The van der Waals surface area contributed by atoms with E-state index in [1.165, 1.54) is 17.2 Å². The number of pyridine rings is 1. The molecule has 0 saturated carbocycles. The van der Waals surface area contributed by atoms with Crippen LogP contribution in [0.25, 0.3) is 0 Å². The number of aromatic nitrogens is 1. The molecule has 1 heterocycles. The van der Waals surface area contributed by atoms with Gasteiger partial charge in [0.25, 0.3) is 0 Å². The summed E-state index contributed by atoms with van der Waals surface area (Å²) >= 11 is 0. The Labute approximate surface area is 115 Å². The normalized spacial score (nSPS) is 9.85. The molecule has 1 aromatic heterocycles. The van der Waals surface area contributed by atoms with Gasteiger partial charge in [0, 0.05) is 18.9 Å². The van der Waals surface area contributed by atoms with E-state index in [1.807, 2.05) is 18.2 Å². The van der Waals surface area contributed by atoms with Crippen molar-refractivity contribution >= 4 is 23.4 Å². The molecule has 0 radical (unpaired) electrons. The number of benzene rings is 1. The van der Waals surface area contributed by atoms with Gasteiger partial charge in [-0.2, -0.15) is 0 Å². The first-order valence-corrected chi connectivity index (χ1v) is 5.87. The van der Waals surface area contributed by atoms with Crippen LogP contribution in [0.4, 0.5) is 16.2 Å². The molecule has 0 bridgehead atoms. The third-order valence-corrected chi connectivity index (χ3v) is 2.70. The summed E-state index contributed by atoms with van der Waals surface area (Å²) in [7, 11) is 1.60. The van der Waals surface area contributed by atoms with Gasteiger partial charge in [0.05, 0.1) is 5.69 Å². The lowest BCUT2D eigenvalue weighted by atomic mass is 10.3. The van der Waals surface area contributed by atoms with E-state index < -0.39 is 12.0 Å². The minimum Gasteiger partial charge on any atom is -0.476 e. The molecule has 0 aliphatic rings. The van der Waals surface area contributed by atoms with Crippen molar-refractivity contribution < 1.29 is 14.7 Å². The van der Waals surface area contributed by atoms with Gasteiger partial charge in [-0.15, -0.1) is 0 Å². The quantitative estimate of drug-likeness (QED) is 0.898. The van der Waals surface area contributed by atoms with E-state index in [2.05, 4.69) is 10.3 Å². The highest BCUT2D eigenvalue weighted by Crippen LogP contribution is 2.16. The first-order valence-electron chi connectivity index (χ1n) is 5.87. The number of nitrogens with one attached hydrogen (secondary N) is 1. The first-order chi connectivity index (χ1) is 9.59. The van der Waals surface area contributed by atoms with Crippen LogP contribution in [0.2, 0.25) is 0 Å². The Morgan fingerprint density at radius 3 is 2.50 bits per heavy atom. The second kappa shape index (κ2) is 5.83. The molecule has 0 unspecified atom stereocenters. The zero-order valence-corrected chi connectivity index (χ0v) is 10.8.